The monoisotopic (exact) mass is 378 g/mol. The highest BCUT2D eigenvalue weighted by atomic mass is 35.5. The maximum atomic E-state index is 12.2. The molecule has 7 heteroatoms. The first-order chi connectivity index (χ1) is 12.3. The predicted octanol–water partition coefficient (Wildman–Crippen LogP) is 3.47. The number of hydrogen-bond donors (Lipinski definition) is 3. The van der Waals surface area contributed by atoms with Crippen LogP contribution in [-0.2, 0) is 0 Å². The molecular weight excluding hydrogens is 352 g/mol. The van der Waals surface area contributed by atoms with Crippen molar-refractivity contribution in [1.82, 2.24) is 0 Å². The molecule has 1 aliphatic carbocycles. The van der Waals surface area contributed by atoms with Crippen molar-refractivity contribution in [2.24, 2.45) is 4.99 Å². The van der Waals surface area contributed by atoms with Crippen LogP contribution in [0.15, 0.2) is 40.9 Å². The molecule has 3 N–H and O–H groups in total. The third kappa shape index (κ3) is 4.92. The number of halogens is 1. The van der Waals surface area contributed by atoms with Gasteiger partial charge in [-0.05, 0) is 56.7 Å². The Hall–Kier alpha value is -1.73. The molecule has 26 heavy (non-hydrogen) atoms. The van der Waals surface area contributed by atoms with Gasteiger partial charge in [0.1, 0.15) is 5.38 Å². The maximum Gasteiger partial charge on any atom is 0.107 e. The van der Waals surface area contributed by atoms with Crippen LogP contribution < -0.4 is 5.32 Å². The van der Waals surface area contributed by atoms with Crippen LogP contribution in [0.25, 0.3) is 0 Å². The van der Waals surface area contributed by atoms with Crippen LogP contribution in [0, 0.1) is 10.6 Å². The van der Waals surface area contributed by atoms with Crippen LogP contribution in [0.4, 0.5) is 11.4 Å². The first-order valence-corrected chi connectivity index (χ1v) is 9.32. The summed E-state index contributed by atoms with van der Waals surface area (Å²) in [6.45, 7) is 7.88. The van der Waals surface area contributed by atoms with Crippen molar-refractivity contribution in [1.29, 1.82) is 5.41 Å². The number of benzene rings is 1. The van der Waals surface area contributed by atoms with Gasteiger partial charge in [0.25, 0.3) is 0 Å². The molecule has 142 valence electrons. The second kappa shape index (κ2) is 8.77. The van der Waals surface area contributed by atoms with Gasteiger partial charge in [-0.1, -0.05) is 0 Å². The number of quaternary nitrogens is 1. The minimum Gasteiger partial charge on any atom is -0.633 e. The Kier molecular flexibility index (Phi) is 6.94. The smallest absolute Gasteiger partial charge is 0.107 e. The van der Waals surface area contributed by atoms with Gasteiger partial charge in [-0.25, -0.2) is 4.99 Å². The lowest BCUT2D eigenvalue weighted by Crippen LogP contribution is -2.44. The number of aliphatic imine (C=N–C) groups is 1. The fourth-order valence-corrected chi connectivity index (χ4v) is 3.05. The number of anilines is 1. The van der Waals surface area contributed by atoms with E-state index in [1.807, 2.05) is 38.1 Å². The lowest BCUT2D eigenvalue weighted by molar-refractivity contribution is -0.875. The summed E-state index contributed by atoms with van der Waals surface area (Å²) in [6, 6.07) is 7.48. The van der Waals surface area contributed by atoms with Gasteiger partial charge in [0.15, 0.2) is 0 Å². The fraction of sp³-hybridized carbons (Fsp3) is 0.474. The largest absolute Gasteiger partial charge is 0.633 e. The van der Waals surface area contributed by atoms with Crippen molar-refractivity contribution >= 4 is 34.4 Å². The van der Waals surface area contributed by atoms with Crippen molar-refractivity contribution in [2.75, 3.05) is 31.5 Å². The Morgan fingerprint density at radius 3 is 2.46 bits per heavy atom. The van der Waals surface area contributed by atoms with Crippen molar-refractivity contribution in [3.05, 3.63) is 41.1 Å². The minimum atomic E-state index is -0.840. The summed E-state index contributed by atoms with van der Waals surface area (Å²) in [5.74, 6) is 0. The number of aliphatic hydroxyl groups excluding tert-OH is 1. The van der Waals surface area contributed by atoms with Crippen LogP contribution in [0.5, 0.6) is 0 Å². The molecule has 0 saturated carbocycles. The second-order valence-corrected chi connectivity index (χ2v) is 7.00. The van der Waals surface area contributed by atoms with E-state index >= 15 is 0 Å². The maximum absolute atomic E-state index is 12.2. The molecule has 0 saturated heterocycles. The topological polar surface area (TPSA) is 91.5 Å². The quantitative estimate of drug-likeness (QED) is 0.385. The number of aliphatic hydroxyl groups is 1. The lowest BCUT2D eigenvalue weighted by atomic mass is 9.94. The molecule has 0 heterocycles. The van der Waals surface area contributed by atoms with Crippen LogP contribution in [0.2, 0.25) is 0 Å². The summed E-state index contributed by atoms with van der Waals surface area (Å²) in [5, 5.41) is 32.6. The summed E-state index contributed by atoms with van der Waals surface area (Å²) in [6.07, 6.45) is 0.853. The number of nitrogens with one attached hydrogen (secondary N) is 2. The normalized spacial score (nSPS) is 22.5. The molecule has 0 bridgehead atoms. The Morgan fingerprint density at radius 2 is 1.88 bits per heavy atom. The van der Waals surface area contributed by atoms with Crippen LogP contribution in [0.1, 0.15) is 20.8 Å². The molecule has 0 spiro atoms. The average molecular weight is 379 g/mol. The highest BCUT2D eigenvalue weighted by Gasteiger charge is 2.29. The van der Waals surface area contributed by atoms with Gasteiger partial charge in [0.05, 0.1) is 49.4 Å². The van der Waals surface area contributed by atoms with Crippen molar-refractivity contribution in [3.8, 4) is 0 Å². The molecule has 0 radical (unpaired) electrons. The summed E-state index contributed by atoms with van der Waals surface area (Å²) >= 11 is 6.08. The van der Waals surface area contributed by atoms with Crippen LogP contribution >= 0.6 is 11.6 Å². The molecular formula is C19H27ClN4O2. The number of hydrogen-bond acceptors (Lipinski definition) is 5. The van der Waals surface area contributed by atoms with E-state index in [-0.39, 0.29) is 10.4 Å². The third-order valence-corrected chi connectivity index (χ3v) is 5.23. The summed E-state index contributed by atoms with van der Waals surface area (Å²) in [7, 11) is 0. The number of likely N-dealkylation sites (N-methyl/N-ethyl adjacent to an activating group) is 1. The summed E-state index contributed by atoms with van der Waals surface area (Å²) < 4.78 is -0.196. The Morgan fingerprint density at radius 1 is 1.27 bits per heavy atom. The van der Waals surface area contributed by atoms with Gasteiger partial charge in [-0.3, -0.25) is 0 Å². The molecule has 0 aromatic heterocycles. The van der Waals surface area contributed by atoms with Crippen molar-refractivity contribution in [3.63, 3.8) is 0 Å². The number of nitrogens with zero attached hydrogens (tertiary/aromatic N) is 2. The van der Waals surface area contributed by atoms with Gasteiger partial charge in [-0.15, -0.1) is 11.6 Å². The van der Waals surface area contributed by atoms with E-state index in [4.69, 9.17) is 17.0 Å². The molecule has 1 aromatic rings. The minimum absolute atomic E-state index is 0.121. The van der Waals surface area contributed by atoms with Crippen molar-refractivity contribution < 1.29 is 9.75 Å². The number of alkyl halides is 1. The van der Waals surface area contributed by atoms with Gasteiger partial charge < -0.3 is 25.7 Å². The Bertz CT molecular complexity index is 696. The standard InChI is InChI=1S/C19H27ClN4O2/c1-4-24(26,5-2)11-10-22-14-6-8-15(9-7-14)23-16-12-13(3)19(25)17(20)18(16)21/h6-9,12,17,19,21-22,25H,4-5,10-11H2,1-3H3. The van der Waals surface area contributed by atoms with E-state index in [1.54, 1.807) is 13.0 Å². The van der Waals surface area contributed by atoms with Crippen LogP contribution in [0.3, 0.4) is 0 Å². The first-order valence-electron chi connectivity index (χ1n) is 8.88. The van der Waals surface area contributed by atoms with E-state index in [1.165, 1.54) is 0 Å². The van der Waals surface area contributed by atoms with Gasteiger partial charge in [0, 0.05) is 5.69 Å². The molecule has 1 aliphatic rings. The number of rotatable bonds is 7. The summed E-state index contributed by atoms with van der Waals surface area (Å²) in [5.41, 5.74) is 2.91. The second-order valence-electron chi connectivity index (χ2n) is 6.53. The highest BCUT2D eigenvalue weighted by Crippen LogP contribution is 2.23. The Balaban J connectivity index is 2.02. The van der Waals surface area contributed by atoms with Crippen LogP contribution in [-0.4, -0.2) is 58.8 Å². The molecule has 0 amide bonds. The van der Waals surface area contributed by atoms with E-state index in [0.717, 1.165) is 5.69 Å². The summed E-state index contributed by atoms with van der Waals surface area (Å²) in [4.78, 5) is 4.46. The van der Waals surface area contributed by atoms with Gasteiger partial charge in [0.2, 0.25) is 0 Å². The van der Waals surface area contributed by atoms with Gasteiger partial charge >= 0.3 is 0 Å². The van der Waals surface area contributed by atoms with E-state index in [2.05, 4.69) is 10.3 Å². The first kappa shape index (κ1) is 20.6. The number of hydroxylamine groups is 3. The molecule has 2 rings (SSSR count). The average Bonchev–Trinajstić information content (AvgIpc) is 2.65. The zero-order chi connectivity index (χ0) is 19.3. The number of allylic oxidation sites excluding steroid dienone is 1. The predicted molar refractivity (Wildman–Crippen MR) is 109 cm³/mol. The molecule has 2 unspecified atom stereocenters. The fourth-order valence-electron chi connectivity index (χ4n) is 2.74. The highest BCUT2D eigenvalue weighted by molar-refractivity contribution is 6.56. The zero-order valence-electron chi connectivity index (χ0n) is 15.5. The SMILES string of the molecule is CC[N+]([O-])(CC)CCNc1ccc(N=C2C=C(C)C(O)C(Cl)C2=N)cc1. The molecule has 2 atom stereocenters. The molecule has 0 fully saturated rings. The van der Waals surface area contributed by atoms with E-state index in [9.17, 15) is 10.3 Å². The van der Waals surface area contributed by atoms with E-state index in [0.29, 0.717) is 43.2 Å². The molecule has 1 aromatic carbocycles. The zero-order valence-corrected chi connectivity index (χ0v) is 16.3. The lowest BCUT2D eigenvalue weighted by Gasteiger charge is -2.41. The molecule has 0 aliphatic heterocycles. The van der Waals surface area contributed by atoms with Crippen molar-refractivity contribution in [2.45, 2.75) is 32.3 Å². The Labute approximate surface area is 159 Å². The molecule has 6 nitrogen and oxygen atoms in total. The van der Waals surface area contributed by atoms with Gasteiger partial charge in [-0.2, -0.15) is 0 Å². The third-order valence-electron chi connectivity index (χ3n) is 4.78. The van der Waals surface area contributed by atoms with E-state index < -0.39 is 11.5 Å².